The fourth-order valence-corrected chi connectivity index (χ4v) is 1.47. The van der Waals surface area contributed by atoms with Gasteiger partial charge in [-0.15, -0.1) is 0 Å². The summed E-state index contributed by atoms with van der Waals surface area (Å²) in [7, 11) is 1.68. The van der Waals surface area contributed by atoms with Gasteiger partial charge in [-0.3, -0.25) is 0 Å². The highest BCUT2D eigenvalue weighted by Gasteiger charge is 2.11. The van der Waals surface area contributed by atoms with Crippen LogP contribution in [0.1, 0.15) is 11.3 Å². The molecular formula is C12H16N2O3. The van der Waals surface area contributed by atoms with E-state index in [9.17, 15) is 0 Å². The highest BCUT2D eigenvalue weighted by atomic mass is 16.5. The van der Waals surface area contributed by atoms with Crippen molar-refractivity contribution in [2.24, 2.45) is 0 Å². The second-order valence-corrected chi connectivity index (χ2v) is 3.75. The van der Waals surface area contributed by atoms with Crippen molar-refractivity contribution in [1.82, 2.24) is 10.3 Å². The molecule has 2 heterocycles. The van der Waals surface area contributed by atoms with E-state index >= 15 is 0 Å². The third-order valence-electron chi connectivity index (χ3n) is 2.40. The predicted molar refractivity (Wildman–Crippen MR) is 62.5 cm³/mol. The SMILES string of the molecule is COCCNCc1coc(-c2occc2C)n1. The minimum absolute atomic E-state index is 0.524. The van der Waals surface area contributed by atoms with Crippen molar-refractivity contribution in [3.8, 4) is 11.7 Å². The molecule has 0 spiro atoms. The van der Waals surface area contributed by atoms with Crippen molar-refractivity contribution in [3.05, 3.63) is 29.9 Å². The van der Waals surface area contributed by atoms with E-state index in [1.54, 1.807) is 19.6 Å². The lowest BCUT2D eigenvalue weighted by Crippen LogP contribution is -2.18. The molecule has 0 saturated heterocycles. The average molecular weight is 236 g/mol. The Morgan fingerprint density at radius 2 is 2.29 bits per heavy atom. The molecule has 0 saturated carbocycles. The third kappa shape index (κ3) is 2.95. The number of hydrogen-bond acceptors (Lipinski definition) is 5. The Bertz CT molecular complexity index is 462. The number of aromatic nitrogens is 1. The molecule has 0 bridgehead atoms. The summed E-state index contributed by atoms with van der Waals surface area (Å²) >= 11 is 0. The second-order valence-electron chi connectivity index (χ2n) is 3.75. The van der Waals surface area contributed by atoms with Crippen molar-refractivity contribution in [2.75, 3.05) is 20.3 Å². The van der Waals surface area contributed by atoms with E-state index in [0.29, 0.717) is 24.8 Å². The van der Waals surface area contributed by atoms with Crippen LogP contribution < -0.4 is 5.32 Å². The highest BCUT2D eigenvalue weighted by molar-refractivity contribution is 5.50. The standard InChI is InChI=1S/C12H16N2O3/c1-9-3-5-16-11(9)12-14-10(8-17-12)7-13-4-6-15-2/h3,5,8,13H,4,6-7H2,1-2H3. The maximum absolute atomic E-state index is 5.37. The Hall–Kier alpha value is -1.59. The smallest absolute Gasteiger partial charge is 0.263 e. The molecule has 5 heteroatoms. The first-order chi connectivity index (χ1) is 8.31. The summed E-state index contributed by atoms with van der Waals surface area (Å²) in [5.41, 5.74) is 1.87. The van der Waals surface area contributed by atoms with E-state index < -0.39 is 0 Å². The van der Waals surface area contributed by atoms with Gasteiger partial charge in [0.1, 0.15) is 6.26 Å². The number of rotatable bonds is 6. The first-order valence-corrected chi connectivity index (χ1v) is 5.50. The summed E-state index contributed by atoms with van der Waals surface area (Å²) in [5, 5.41) is 3.20. The topological polar surface area (TPSA) is 60.4 Å². The molecule has 92 valence electrons. The van der Waals surface area contributed by atoms with Crippen LogP contribution in [0.25, 0.3) is 11.7 Å². The largest absolute Gasteiger partial charge is 0.459 e. The van der Waals surface area contributed by atoms with Crippen LogP contribution in [0.4, 0.5) is 0 Å². The van der Waals surface area contributed by atoms with Gasteiger partial charge in [-0.1, -0.05) is 0 Å². The summed E-state index contributed by atoms with van der Waals surface area (Å²) < 4.78 is 15.6. The van der Waals surface area contributed by atoms with E-state index in [0.717, 1.165) is 17.8 Å². The van der Waals surface area contributed by atoms with Crippen molar-refractivity contribution in [3.63, 3.8) is 0 Å². The zero-order valence-electron chi connectivity index (χ0n) is 10.0. The molecule has 0 aromatic carbocycles. The van der Waals surface area contributed by atoms with Crippen molar-refractivity contribution >= 4 is 0 Å². The van der Waals surface area contributed by atoms with Gasteiger partial charge in [0.2, 0.25) is 0 Å². The van der Waals surface area contributed by atoms with Crippen LogP contribution in [0.15, 0.2) is 27.4 Å². The van der Waals surface area contributed by atoms with Gasteiger partial charge in [0, 0.05) is 25.8 Å². The molecule has 2 aromatic heterocycles. The van der Waals surface area contributed by atoms with E-state index in [2.05, 4.69) is 10.3 Å². The van der Waals surface area contributed by atoms with Crippen molar-refractivity contribution in [2.45, 2.75) is 13.5 Å². The maximum atomic E-state index is 5.37. The first-order valence-electron chi connectivity index (χ1n) is 5.50. The van der Waals surface area contributed by atoms with E-state index in [1.807, 2.05) is 13.0 Å². The van der Waals surface area contributed by atoms with Crippen LogP contribution in [-0.2, 0) is 11.3 Å². The molecule has 0 aliphatic heterocycles. The molecule has 0 unspecified atom stereocenters. The van der Waals surface area contributed by atoms with Crippen molar-refractivity contribution in [1.29, 1.82) is 0 Å². The first kappa shape index (κ1) is 11.9. The van der Waals surface area contributed by atoms with Crippen LogP contribution >= 0.6 is 0 Å². The monoisotopic (exact) mass is 236 g/mol. The van der Waals surface area contributed by atoms with Gasteiger partial charge in [-0.25, -0.2) is 4.98 Å². The van der Waals surface area contributed by atoms with Crippen molar-refractivity contribution < 1.29 is 13.6 Å². The van der Waals surface area contributed by atoms with Gasteiger partial charge in [0.25, 0.3) is 5.89 Å². The number of hydrogen-bond donors (Lipinski definition) is 1. The number of oxazole rings is 1. The van der Waals surface area contributed by atoms with Gasteiger partial charge >= 0.3 is 0 Å². The normalized spacial score (nSPS) is 10.9. The number of furan rings is 1. The molecular weight excluding hydrogens is 220 g/mol. The van der Waals surface area contributed by atoms with Crippen LogP contribution in [0.5, 0.6) is 0 Å². The Balaban J connectivity index is 1.95. The number of aryl methyl sites for hydroxylation is 1. The molecule has 2 rings (SSSR count). The lowest BCUT2D eigenvalue weighted by molar-refractivity contribution is 0.199. The number of nitrogens with zero attached hydrogens (tertiary/aromatic N) is 1. The molecule has 1 N–H and O–H groups in total. The molecule has 17 heavy (non-hydrogen) atoms. The number of methoxy groups -OCH3 is 1. The molecule has 0 aliphatic rings. The zero-order chi connectivity index (χ0) is 12.1. The van der Waals surface area contributed by atoms with Crippen LogP contribution in [0.3, 0.4) is 0 Å². The Morgan fingerprint density at radius 3 is 3.00 bits per heavy atom. The summed E-state index contributed by atoms with van der Waals surface area (Å²) in [6.45, 7) is 4.09. The Labute approximate surface area is 99.8 Å². The number of ether oxygens (including phenoxy) is 1. The Morgan fingerprint density at radius 1 is 1.41 bits per heavy atom. The molecule has 0 atom stereocenters. The number of nitrogens with one attached hydrogen (secondary N) is 1. The van der Waals surface area contributed by atoms with Crippen LogP contribution in [0.2, 0.25) is 0 Å². The summed E-state index contributed by atoms with van der Waals surface area (Å²) in [5.74, 6) is 1.21. The molecule has 0 aliphatic carbocycles. The summed E-state index contributed by atoms with van der Waals surface area (Å²) in [6.07, 6.45) is 3.27. The average Bonchev–Trinajstić information content (AvgIpc) is 2.93. The molecule has 0 amide bonds. The second kappa shape index (κ2) is 5.65. The minimum Gasteiger partial charge on any atom is -0.459 e. The summed E-state index contributed by atoms with van der Waals surface area (Å²) in [6, 6.07) is 1.88. The minimum atomic E-state index is 0.524. The summed E-state index contributed by atoms with van der Waals surface area (Å²) in [4.78, 5) is 4.35. The van der Waals surface area contributed by atoms with Crippen LogP contribution in [-0.4, -0.2) is 25.2 Å². The van der Waals surface area contributed by atoms with E-state index in [1.165, 1.54) is 0 Å². The van der Waals surface area contributed by atoms with Gasteiger partial charge in [-0.2, -0.15) is 0 Å². The molecule has 2 aromatic rings. The van der Waals surface area contributed by atoms with Gasteiger partial charge < -0.3 is 18.9 Å². The lowest BCUT2D eigenvalue weighted by atomic mass is 10.3. The van der Waals surface area contributed by atoms with Crippen LogP contribution in [0, 0.1) is 6.92 Å². The molecule has 0 radical (unpaired) electrons. The van der Waals surface area contributed by atoms with Gasteiger partial charge in [-0.05, 0) is 13.0 Å². The Kier molecular flexibility index (Phi) is 3.95. The fourth-order valence-electron chi connectivity index (χ4n) is 1.47. The zero-order valence-corrected chi connectivity index (χ0v) is 10.0. The third-order valence-corrected chi connectivity index (χ3v) is 2.40. The lowest BCUT2D eigenvalue weighted by Gasteiger charge is -1.99. The fraction of sp³-hybridized carbons (Fsp3) is 0.417. The molecule has 5 nitrogen and oxygen atoms in total. The highest BCUT2D eigenvalue weighted by Crippen LogP contribution is 2.23. The quantitative estimate of drug-likeness (QED) is 0.777. The molecule has 0 fully saturated rings. The van der Waals surface area contributed by atoms with Gasteiger partial charge in [0.05, 0.1) is 18.6 Å². The van der Waals surface area contributed by atoms with E-state index in [-0.39, 0.29) is 0 Å². The van der Waals surface area contributed by atoms with Gasteiger partial charge in [0.15, 0.2) is 5.76 Å². The van der Waals surface area contributed by atoms with E-state index in [4.69, 9.17) is 13.6 Å². The maximum Gasteiger partial charge on any atom is 0.263 e. The predicted octanol–water partition coefficient (Wildman–Crippen LogP) is 1.98.